The second-order valence-electron chi connectivity index (χ2n) is 6.77. The molecule has 0 fully saturated rings. The van der Waals surface area contributed by atoms with Crippen LogP contribution in [0.5, 0.6) is 0 Å². The van der Waals surface area contributed by atoms with E-state index in [2.05, 4.69) is 4.74 Å². The number of methoxy groups -OCH3 is 2. The first kappa shape index (κ1) is 19.8. The molecule has 1 atom stereocenters. The fourth-order valence-corrected chi connectivity index (χ4v) is 2.19. The summed E-state index contributed by atoms with van der Waals surface area (Å²) < 4.78 is 14.7. The van der Waals surface area contributed by atoms with Crippen LogP contribution in [0, 0.1) is 5.92 Å². The molecule has 1 amide bonds. The lowest BCUT2D eigenvalue weighted by molar-refractivity contribution is -0.153. The summed E-state index contributed by atoms with van der Waals surface area (Å²) in [5.74, 6) is -1.87. The van der Waals surface area contributed by atoms with Gasteiger partial charge in [0, 0.05) is 0 Å². The highest BCUT2D eigenvalue weighted by Crippen LogP contribution is 2.33. The maximum Gasteiger partial charge on any atom is 0.444 e. The zero-order valence-corrected chi connectivity index (χ0v) is 15.2. The fraction of sp³-hybridized carbons (Fsp3) is 0.688. The second kappa shape index (κ2) is 7.55. The number of hydrogen-bond donors (Lipinski definition) is 0. The quantitative estimate of drug-likeness (QED) is 0.570. The van der Waals surface area contributed by atoms with Gasteiger partial charge in [0.15, 0.2) is 0 Å². The molecule has 0 N–H and O–H groups in total. The third-order valence-corrected chi connectivity index (χ3v) is 3.09. The molecule has 0 aromatic heterocycles. The van der Waals surface area contributed by atoms with Crippen LogP contribution in [0.4, 0.5) is 4.79 Å². The SMILES string of the molecule is COC(=O)C1=C(C(=O)OC)C(CC(C)C)N(C(=O)OC(C)(C)C)O1. The third kappa shape index (κ3) is 4.62. The van der Waals surface area contributed by atoms with E-state index in [-0.39, 0.29) is 17.3 Å². The minimum absolute atomic E-state index is 0.0519. The standard InChI is InChI=1S/C16H25NO7/c1-9(2)8-10-11(13(18)21-6)12(14(19)22-7)24-17(10)15(20)23-16(3,4)5/h9-10H,8H2,1-7H3. The molecule has 1 aliphatic heterocycles. The van der Waals surface area contributed by atoms with E-state index in [4.69, 9.17) is 14.3 Å². The van der Waals surface area contributed by atoms with Gasteiger partial charge in [-0.05, 0) is 33.1 Å². The van der Waals surface area contributed by atoms with Crippen molar-refractivity contribution in [3.8, 4) is 0 Å². The Balaban J connectivity index is 3.27. The summed E-state index contributed by atoms with van der Waals surface area (Å²) in [5, 5.41) is 0.893. The summed E-state index contributed by atoms with van der Waals surface area (Å²) in [6.45, 7) is 8.94. The Morgan fingerprint density at radius 2 is 1.67 bits per heavy atom. The molecule has 0 spiro atoms. The van der Waals surface area contributed by atoms with Gasteiger partial charge in [-0.25, -0.2) is 14.4 Å². The normalized spacial score (nSPS) is 17.7. The van der Waals surface area contributed by atoms with Gasteiger partial charge in [-0.3, -0.25) is 0 Å². The molecule has 1 unspecified atom stereocenters. The Hall–Kier alpha value is -2.25. The van der Waals surface area contributed by atoms with Gasteiger partial charge in [0.2, 0.25) is 0 Å². The van der Waals surface area contributed by atoms with E-state index < -0.39 is 29.7 Å². The maximum absolute atomic E-state index is 12.4. The Labute approximate surface area is 141 Å². The molecule has 1 heterocycles. The van der Waals surface area contributed by atoms with Crippen LogP contribution in [0.3, 0.4) is 0 Å². The number of hydroxylamine groups is 2. The van der Waals surface area contributed by atoms with Gasteiger partial charge in [-0.15, -0.1) is 5.06 Å². The topological polar surface area (TPSA) is 91.4 Å². The number of esters is 2. The van der Waals surface area contributed by atoms with Crippen molar-refractivity contribution in [1.29, 1.82) is 0 Å². The summed E-state index contributed by atoms with van der Waals surface area (Å²) in [6, 6.07) is -0.804. The van der Waals surface area contributed by atoms with Gasteiger partial charge < -0.3 is 19.0 Å². The van der Waals surface area contributed by atoms with E-state index in [9.17, 15) is 14.4 Å². The second-order valence-corrected chi connectivity index (χ2v) is 6.77. The van der Waals surface area contributed by atoms with Crippen LogP contribution in [-0.4, -0.2) is 49.0 Å². The van der Waals surface area contributed by atoms with Crippen molar-refractivity contribution in [1.82, 2.24) is 5.06 Å². The summed E-state index contributed by atoms with van der Waals surface area (Å²) in [6.07, 6.45) is -0.419. The molecule has 136 valence electrons. The predicted octanol–water partition coefficient (Wildman–Crippen LogP) is 2.18. The highest BCUT2D eigenvalue weighted by molar-refractivity contribution is 6.01. The van der Waals surface area contributed by atoms with E-state index in [1.807, 2.05) is 13.8 Å². The lowest BCUT2D eigenvalue weighted by Crippen LogP contribution is -2.42. The highest BCUT2D eigenvalue weighted by Gasteiger charge is 2.47. The average Bonchev–Trinajstić information content (AvgIpc) is 2.82. The predicted molar refractivity (Wildman–Crippen MR) is 83.5 cm³/mol. The lowest BCUT2D eigenvalue weighted by atomic mass is 9.96. The first-order valence-corrected chi connectivity index (χ1v) is 7.62. The first-order valence-electron chi connectivity index (χ1n) is 7.62. The van der Waals surface area contributed by atoms with Crippen LogP contribution >= 0.6 is 0 Å². The van der Waals surface area contributed by atoms with Gasteiger partial charge in [-0.2, -0.15) is 0 Å². The highest BCUT2D eigenvalue weighted by atomic mass is 16.7. The van der Waals surface area contributed by atoms with Crippen LogP contribution in [0.1, 0.15) is 41.0 Å². The van der Waals surface area contributed by atoms with Crippen molar-refractivity contribution in [2.24, 2.45) is 5.92 Å². The minimum Gasteiger partial charge on any atom is -0.465 e. The number of rotatable bonds is 4. The van der Waals surface area contributed by atoms with Crippen LogP contribution in [0.15, 0.2) is 11.3 Å². The molecule has 0 radical (unpaired) electrons. The van der Waals surface area contributed by atoms with E-state index in [1.54, 1.807) is 20.8 Å². The number of carbonyl (C=O) groups excluding carboxylic acids is 3. The Morgan fingerprint density at radius 1 is 1.12 bits per heavy atom. The summed E-state index contributed by atoms with van der Waals surface area (Å²) in [5.41, 5.74) is -0.814. The Kier molecular flexibility index (Phi) is 6.22. The largest absolute Gasteiger partial charge is 0.465 e. The molecule has 1 rings (SSSR count). The summed E-state index contributed by atoms with van der Waals surface area (Å²) in [4.78, 5) is 41.8. The zero-order chi connectivity index (χ0) is 18.7. The van der Waals surface area contributed by atoms with Gasteiger partial charge in [-0.1, -0.05) is 13.8 Å². The number of amides is 1. The maximum atomic E-state index is 12.4. The smallest absolute Gasteiger partial charge is 0.444 e. The van der Waals surface area contributed by atoms with Gasteiger partial charge >= 0.3 is 18.0 Å². The van der Waals surface area contributed by atoms with E-state index in [0.717, 1.165) is 12.2 Å². The van der Waals surface area contributed by atoms with Crippen molar-refractivity contribution < 1.29 is 33.4 Å². The zero-order valence-electron chi connectivity index (χ0n) is 15.2. The molecule has 8 nitrogen and oxygen atoms in total. The summed E-state index contributed by atoms with van der Waals surface area (Å²) in [7, 11) is 2.34. The number of nitrogens with zero attached hydrogens (tertiary/aromatic N) is 1. The molecular weight excluding hydrogens is 318 g/mol. The Morgan fingerprint density at radius 3 is 2.08 bits per heavy atom. The van der Waals surface area contributed by atoms with Crippen molar-refractivity contribution in [3.63, 3.8) is 0 Å². The molecule has 0 aliphatic carbocycles. The molecule has 8 heteroatoms. The molecule has 0 aromatic carbocycles. The number of carbonyl (C=O) groups is 3. The monoisotopic (exact) mass is 343 g/mol. The van der Waals surface area contributed by atoms with Crippen molar-refractivity contribution in [2.45, 2.75) is 52.7 Å². The number of ether oxygens (including phenoxy) is 3. The van der Waals surface area contributed by atoms with Gasteiger partial charge in [0.25, 0.3) is 5.76 Å². The van der Waals surface area contributed by atoms with Crippen molar-refractivity contribution in [3.05, 3.63) is 11.3 Å². The van der Waals surface area contributed by atoms with Crippen LogP contribution in [0.25, 0.3) is 0 Å². The van der Waals surface area contributed by atoms with E-state index >= 15 is 0 Å². The average molecular weight is 343 g/mol. The van der Waals surface area contributed by atoms with Crippen LogP contribution in [0.2, 0.25) is 0 Å². The minimum atomic E-state index is -0.866. The van der Waals surface area contributed by atoms with Gasteiger partial charge in [0.1, 0.15) is 17.2 Å². The van der Waals surface area contributed by atoms with Crippen molar-refractivity contribution in [2.75, 3.05) is 14.2 Å². The lowest BCUT2D eigenvalue weighted by Gasteiger charge is -2.28. The first-order chi connectivity index (χ1) is 11.0. The summed E-state index contributed by atoms with van der Waals surface area (Å²) >= 11 is 0. The molecule has 24 heavy (non-hydrogen) atoms. The Bertz CT molecular complexity index is 545. The van der Waals surface area contributed by atoms with Crippen LogP contribution in [-0.2, 0) is 28.6 Å². The molecule has 1 aliphatic rings. The van der Waals surface area contributed by atoms with Crippen molar-refractivity contribution >= 4 is 18.0 Å². The van der Waals surface area contributed by atoms with E-state index in [0.29, 0.717) is 6.42 Å². The van der Waals surface area contributed by atoms with Crippen LogP contribution < -0.4 is 0 Å². The molecule has 0 bridgehead atoms. The molecule has 0 saturated carbocycles. The molecular formula is C16H25NO7. The van der Waals surface area contributed by atoms with Gasteiger partial charge in [0.05, 0.1) is 14.2 Å². The number of hydrogen-bond acceptors (Lipinski definition) is 7. The third-order valence-electron chi connectivity index (χ3n) is 3.09. The molecule has 0 saturated heterocycles. The molecule has 0 aromatic rings. The fourth-order valence-electron chi connectivity index (χ4n) is 2.19. The van der Waals surface area contributed by atoms with E-state index in [1.165, 1.54) is 7.11 Å².